The molecule has 1 saturated carbocycles. The Balaban J connectivity index is 2.33. The average molecular weight is 187 g/mol. The van der Waals surface area contributed by atoms with Crippen LogP contribution in [0.25, 0.3) is 0 Å². The van der Waals surface area contributed by atoms with E-state index in [0.717, 1.165) is 0 Å². The fourth-order valence-corrected chi connectivity index (χ4v) is 2.37. The molecule has 1 aromatic rings. The molecule has 1 aliphatic carbocycles. The number of benzene rings is 1. The lowest BCUT2D eigenvalue weighted by Crippen LogP contribution is -2.49. The molecule has 0 heterocycles. The van der Waals surface area contributed by atoms with Gasteiger partial charge in [0.15, 0.2) is 0 Å². The molecule has 1 fully saturated rings. The van der Waals surface area contributed by atoms with E-state index in [4.69, 9.17) is 5.73 Å². The van der Waals surface area contributed by atoms with E-state index in [-0.39, 0.29) is 11.5 Å². The molecule has 0 saturated heterocycles. The van der Waals surface area contributed by atoms with Crippen molar-refractivity contribution in [2.24, 2.45) is 5.73 Å². The highest BCUT2D eigenvalue weighted by atomic mass is 14.7. The van der Waals surface area contributed by atoms with Crippen LogP contribution in [-0.2, 0) is 5.41 Å². The Hall–Kier alpha value is -1.08. The van der Waals surface area contributed by atoms with Crippen LogP contribution in [0.1, 0.15) is 24.8 Å². The first-order chi connectivity index (χ1) is 6.79. The third-order valence-corrected chi connectivity index (χ3v) is 3.49. The molecule has 74 valence electrons. The molecule has 2 rings (SSSR count). The monoisotopic (exact) mass is 187 g/mol. The summed E-state index contributed by atoms with van der Waals surface area (Å²) in [4.78, 5) is 0. The zero-order chi connectivity index (χ0) is 10.0. The molecule has 1 aromatic carbocycles. The number of hydrogen-bond acceptors (Lipinski definition) is 1. The Kier molecular flexibility index (Phi) is 2.42. The summed E-state index contributed by atoms with van der Waals surface area (Å²) < 4.78 is 0. The van der Waals surface area contributed by atoms with Gasteiger partial charge in [-0.1, -0.05) is 42.8 Å². The molecule has 0 spiro atoms. The summed E-state index contributed by atoms with van der Waals surface area (Å²) in [5.41, 5.74) is 7.68. The van der Waals surface area contributed by atoms with Crippen molar-refractivity contribution >= 4 is 0 Å². The summed E-state index contributed by atoms with van der Waals surface area (Å²) in [6.07, 6.45) is 5.57. The van der Waals surface area contributed by atoms with Crippen molar-refractivity contribution in [1.82, 2.24) is 0 Å². The predicted molar refractivity (Wildman–Crippen MR) is 60.1 cm³/mol. The van der Waals surface area contributed by atoms with E-state index in [2.05, 4.69) is 36.9 Å². The maximum absolute atomic E-state index is 6.13. The molecular formula is C13H17N. The molecule has 1 unspecified atom stereocenters. The third-order valence-electron chi connectivity index (χ3n) is 3.49. The SMILES string of the molecule is C=CC(N)C1(c2ccccc2)CCC1. The smallest absolute Gasteiger partial charge is 0.0319 e. The van der Waals surface area contributed by atoms with Crippen LogP contribution in [-0.4, -0.2) is 6.04 Å². The van der Waals surface area contributed by atoms with Crippen molar-refractivity contribution in [3.8, 4) is 0 Å². The summed E-state index contributed by atoms with van der Waals surface area (Å²) in [6.45, 7) is 3.81. The van der Waals surface area contributed by atoms with Crippen LogP contribution < -0.4 is 5.73 Å². The van der Waals surface area contributed by atoms with Gasteiger partial charge >= 0.3 is 0 Å². The average Bonchev–Trinajstić information content (AvgIpc) is 2.17. The Labute approximate surface area is 85.6 Å². The molecular weight excluding hydrogens is 170 g/mol. The predicted octanol–water partition coefficient (Wildman–Crippen LogP) is 2.62. The summed E-state index contributed by atoms with van der Waals surface area (Å²) in [6, 6.07) is 10.7. The van der Waals surface area contributed by atoms with E-state index in [1.54, 1.807) is 0 Å². The molecule has 0 bridgehead atoms. The van der Waals surface area contributed by atoms with E-state index in [9.17, 15) is 0 Å². The second-order valence-corrected chi connectivity index (χ2v) is 4.14. The minimum atomic E-state index is 0.0960. The lowest BCUT2D eigenvalue weighted by atomic mass is 9.60. The highest BCUT2D eigenvalue weighted by molar-refractivity contribution is 5.32. The lowest BCUT2D eigenvalue weighted by molar-refractivity contribution is 0.219. The topological polar surface area (TPSA) is 26.0 Å². The summed E-state index contributed by atoms with van der Waals surface area (Å²) in [5.74, 6) is 0. The number of hydrogen-bond donors (Lipinski definition) is 1. The van der Waals surface area contributed by atoms with Crippen molar-refractivity contribution in [2.75, 3.05) is 0 Å². The van der Waals surface area contributed by atoms with Crippen molar-refractivity contribution < 1.29 is 0 Å². The van der Waals surface area contributed by atoms with Crippen molar-refractivity contribution in [1.29, 1.82) is 0 Å². The molecule has 0 amide bonds. The second kappa shape index (κ2) is 3.58. The van der Waals surface area contributed by atoms with Gasteiger partial charge in [-0.15, -0.1) is 6.58 Å². The maximum Gasteiger partial charge on any atom is 0.0319 e. The van der Waals surface area contributed by atoms with Crippen LogP contribution in [0.3, 0.4) is 0 Å². The quantitative estimate of drug-likeness (QED) is 0.723. The van der Waals surface area contributed by atoms with Gasteiger partial charge < -0.3 is 5.73 Å². The van der Waals surface area contributed by atoms with Crippen molar-refractivity contribution in [3.63, 3.8) is 0 Å². The van der Waals surface area contributed by atoms with Gasteiger partial charge in [0.1, 0.15) is 0 Å². The first-order valence-electron chi connectivity index (χ1n) is 5.23. The van der Waals surface area contributed by atoms with Gasteiger partial charge in [0, 0.05) is 11.5 Å². The summed E-state index contributed by atoms with van der Waals surface area (Å²) in [5, 5.41) is 0. The van der Waals surface area contributed by atoms with E-state index in [1.165, 1.54) is 24.8 Å². The zero-order valence-corrected chi connectivity index (χ0v) is 8.45. The van der Waals surface area contributed by atoms with E-state index in [1.807, 2.05) is 6.08 Å². The maximum atomic E-state index is 6.13. The Morgan fingerprint density at radius 2 is 1.93 bits per heavy atom. The van der Waals surface area contributed by atoms with Crippen LogP contribution in [0.4, 0.5) is 0 Å². The molecule has 1 nitrogen and oxygen atoms in total. The molecule has 0 aliphatic heterocycles. The van der Waals surface area contributed by atoms with Crippen LogP contribution in [0.2, 0.25) is 0 Å². The van der Waals surface area contributed by atoms with Gasteiger partial charge in [-0.2, -0.15) is 0 Å². The third kappa shape index (κ3) is 1.28. The number of nitrogens with two attached hydrogens (primary N) is 1. The molecule has 0 aromatic heterocycles. The molecule has 1 heteroatoms. The highest BCUT2D eigenvalue weighted by Crippen LogP contribution is 2.45. The first-order valence-corrected chi connectivity index (χ1v) is 5.23. The van der Waals surface area contributed by atoms with Gasteiger partial charge in [0.05, 0.1) is 0 Å². The first kappa shape index (κ1) is 9.47. The van der Waals surface area contributed by atoms with Crippen LogP contribution in [0.5, 0.6) is 0 Å². The van der Waals surface area contributed by atoms with E-state index < -0.39 is 0 Å². The van der Waals surface area contributed by atoms with Gasteiger partial charge in [0.25, 0.3) is 0 Å². The summed E-state index contributed by atoms with van der Waals surface area (Å²) >= 11 is 0. The Morgan fingerprint density at radius 1 is 1.29 bits per heavy atom. The molecule has 2 N–H and O–H groups in total. The van der Waals surface area contributed by atoms with Crippen LogP contribution >= 0.6 is 0 Å². The van der Waals surface area contributed by atoms with E-state index in [0.29, 0.717) is 0 Å². The minimum Gasteiger partial charge on any atom is -0.324 e. The normalized spacial score (nSPS) is 20.9. The second-order valence-electron chi connectivity index (χ2n) is 4.14. The highest BCUT2D eigenvalue weighted by Gasteiger charge is 2.42. The van der Waals surface area contributed by atoms with Crippen LogP contribution in [0.15, 0.2) is 43.0 Å². The zero-order valence-electron chi connectivity index (χ0n) is 8.45. The van der Waals surface area contributed by atoms with Gasteiger partial charge in [-0.05, 0) is 18.4 Å². The minimum absolute atomic E-state index is 0.0960. The largest absolute Gasteiger partial charge is 0.324 e. The number of rotatable bonds is 3. The van der Waals surface area contributed by atoms with Crippen LogP contribution in [0, 0.1) is 0 Å². The van der Waals surface area contributed by atoms with Gasteiger partial charge in [-0.3, -0.25) is 0 Å². The van der Waals surface area contributed by atoms with Gasteiger partial charge in [-0.25, -0.2) is 0 Å². The van der Waals surface area contributed by atoms with E-state index >= 15 is 0 Å². The fourth-order valence-electron chi connectivity index (χ4n) is 2.37. The Bertz CT molecular complexity index is 311. The summed E-state index contributed by atoms with van der Waals surface area (Å²) in [7, 11) is 0. The standard InChI is InChI=1S/C13H17N/c1-2-12(14)13(9-6-10-13)11-7-4-3-5-8-11/h2-5,7-8,12H,1,6,9-10,14H2. The Morgan fingerprint density at radius 3 is 2.36 bits per heavy atom. The van der Waals surface area contributed by atoms with Crippen molar-refractivity contribution in [3.05, 3.63) is 48.6 Å². The lowest BCUT2D eigenvalue weighted by Gasteiger charge is -2.46. The van der Waals surface area contributed by atoms with Crippen molar-refractivity contribution in [2.45, 2.75) is 30.7 Å². The molecule has 1 atom stereocenters. The molecule has 0 radical (unpaired) electrons. The molecule has 14 heavy (non-hydrogen) atoms. The molecule has 1 aliphatic rings. The fraction of sp³-hybridized carbons (Fsp3) is 0.385. The van der Waals surface area contributed by atoms with Gasteiger partial charge in [0.2, 0.25) is 0 Å².